The summed E-state index contributed by atoms with van der Waals surface area (Å²) in [7, 11) is 0. The van der Waals surface area contributed by atoms with Gasteiger partial charge in [-0.3, -0.25) is 0 Å². The maximum absolute atomic E-state index is 12.3. The molecular formula is C17H24N4O3. The zero-order valence-electron chi connectivity index (χ0n) is 14.2. The van der Waals surface area contributed by atoms with Crippen LogP contribution in [-0.4, -0.2) is 44.6 Å². The number of aliphatic hydroxyl groups excluding tert-OH is 1. The molecule has 24 heavy (non-hydrogen) atoms. The van der Waals surface area contributed by atoms with Crippen molar-refractivity contribution in [3.63, 3.8) is 0 Å². The van der Waals surface area contributed by atoms with E-state index < -0.39 is 5.97 Å². The molecule has 0 unspecified atom stereocenters. The van der Waals surface area contributed by atoms with Crippen LogP contribution in [0.5, 0.6) is 0 Å². The molecule has 7 nitrogen and oxygen atoms in total. The second-order valence-electron chi connectivity index (χ2n) is 6.13. The number of aryl methyl sites for hydroxylation is 1. The van der Waals surface area contributed by atoms with Crippen molar-refractivity contribution in [3.05, 3.63) is 18.0 Å². The molecular weight excluding hydrogens is 308 g/mol. The van der Waals surface area contributed by atoms with Crippen LogP contribution < -0.4 is 5.32 Å². The van der Waals surface area contributed by atoms with Crippen LogP contribution in [0.1, 0.15) is 49.9 Å². The SMILES string of the molecule is CCOC(=O)c1cnc2c(cnn2CC)c1N[C@H]1CCC[C@H](O)C1. The molecule has 2 aromatic heterocycles. The van der Waals surface area contributed by atoms with Crippen LogP contribution in [0, 0.1) is 0 Å². The number of carbonyl (C=O) groups is 1. The number of carbonyl (C=O) groups excluding carboxylic acids is 1. The molecule has 1 aliphatic carbocycles. The maximum atomic E-state index is 12.3. The highest BCUT2D eigenvalue weighted by Crippen LogP contribution is 2.30. The number of ether oxygens (including phenoxy) is 1. The van der Waals surface area contributed by atoms with Crippen LogP contribution in [0.4, 0.5) is 5.69 Å². The number of rotatable bonds is 5. The molecule has 2 heterocycles. The Morgan fingerprint density at radius 2 is 2.25 bits per heavy atom. The van der Waals surface area contributed by atoms with Crippen molar-refractivity contribution in [1.29, 1.82) is 0 Å². The smallest absolute Gasteiger partial charge is 0.341 e. The normalized spacial score (nSPS) is 21.0. The lowest BCUT2D eigenvalue weighted by atomic mass is 9.92. The molecule has 2 atom stereocenters. The van der Waals surface area contributed by atoms with Gasteiger partial charge in [0.15, 0.2) is 5.65 Å². The van der Waals surface area contributed by atoms with Gasteiger partial charge < -0.3 is 15.2 Å². The lowest BCUT2D eigenvalue weighted by Gasteiger charge is -2.28. The molecule has 130 valence electrons. The Hall–Kier alpha value is -2.15. The van der Waals surface area contributed by atoms with E-state index in [9.17, 15) is 9.90 Å². The van der Waals surface area contributed by atoms with Gasteiger partial charge in [0.05, 0.1) is 30.0 Å². The Morgan fingerprint density at radius 3 is 2.96 bits per heavy atom. The van der Waals surface area contributed by atoms with Gasteiger partial charge in [-0.15, -0.1) is 0 Å². The van der Waals surface area contributed by atoms with Gasteiger partial charge in [-0.2, -0.15) is 5.10 Å². The van der Waals surface area contributed by atoms with Crippen LogP contribution >= 0.6 is 0 Å². The van der Waals surface area contributed by atoms with E-state index in [0.717, 1.165) is 30.3 Å². The molecule has 2 N–H and O–H groups in total. The van der Waals surface area contributed by atoms with Crippen molar-refractivity contribution < 1.29 is 14.6 Å². The van der Waals surface area contributed by atoms with E-state index in [2.05, 4.69) is 15.4 Å². The minimum atomic E-state index is -0.394. The van der Waals surface area contributed by atoms with Gasteiger partial charge in [0.1, 0.15) is 5.56 Å². The molecule has 7 heteroatoms. The number of hydrogen-bond donors (Lipinski definition) is 2. The number of aliphatic hydroxyl groups is 1. The first kappa shape index (κ1) is 16.7. The number of anilines is 1. The second-order valence-corrected chi connectivity index (χ2v) is 6.13. The van der Waals surface area contributed by atoms with E-state index in [4.69, 9.17) is 4.74 Å². The summed E-state index contributed by atoms with van der Waals surface area (Å²) in [6.07, 6.45) is 6.43. The maximum Gasteiger partial charge on any atom is 0.341 e. The number of nitrogens with zero attached hydrogens (tertiary/aromatic N) is 3. The number of hydrogen-bond acceptors (Lipinski definition) is 6. The van der Waals surface area contributed by atoms with Crippen molar-refractivity contribution >= 4 is 22.7 Å². The van der Waals surface area contributed by atoms with Gasteiger partial charge in [0.25, 0.3) is 0 Å². The van der Waals surface area contributed by atoms with Crippen molar-refractivity contribution in [2.24, 2.45) is 0 Å². The first-order valence-corrected chi connectivity index (χ1v) is 8.60. The lowest BCUT2D eigenvalue weighted by molar-refractivity contribution is 0.0527. The fourth-order valence-corrected chi connectivity index (χ4v) is 3.28. The highest BCUT2D eigenvalue weighted by atomic mass is 16.5. The van der Waals surface area contributed by atoms with E-state index in [1.54, 1.807) is 24.0 Å². The van der Waals surface area contributed by atoms with E-state index >= 15 is 0 Å². The fraction of sp³-hybridized carbons (Fsp3) is 0.588. The zero-order valence-corrected chi connectivity index (χ0v) is 14.2. The van der Waals surface area contributed by atoms with Crippen LogP contribution in [0.15, 0.2) is 12.4 Å². The van der Waals surface area contributed by atoms with Crippen molar-refractivity contribution in [2.45, 2.75) is 58.2 Å². The van der Waals surface area contributed by atoms with Gasteiger partial charge in [0.2, 0.25) is 0 Å². The number of aromatic nitrogens is 3. The van der Waals surface area contributed by atoms with Crippen LogP contribution in [0.3, 0.4) is 0 Å². The van der Waals surface area contributed by atoms with Crippen LogP contribution in [0.2, 0.25) is 0 Å². The van der Waals surface area contributed by atoms with Gasteiger partial charge in [-0.1, -0.05) is 0 Å². The Kier molecular flexibility index (Phi) is 4.99. The quantitative estimate of drug-likeness (QED) is 0.817. The second kappa shape index (κ2) is 7.17. The first-order valence-electron chi connectivity index (χ1n) is 8.60. The third-order valence-electron chi connectivity index (χ3n) is 4.46. The monoisotopic (exact) mass is 332 g/mol. The number of fused-ring (bicyclic) bond motifs is 1. The van der Waals surface area contributed by atoms with Gasteiger partial charge in [-0.25, -0.2) is 14.5 Å². The number of esters is 1. The lowest BCUT2D eigenvalue weighted by Crippen LogP contribution is -2.30. The minimum absolute atomic E-state index is 0.123. The summed E-state index contributed by atoms with van der Waals surface area (Å²) in [6.45, 7) is 4.80. The summed E-state index contributed by atoms with van der Waals surface area (Å²) in [5.41, 5.74) is 1.86. The summed E-state index contributed by atoms with van der Waals surface area (Å²) >= 11 is 0. The van der Waals surface area contributed by atoms with Crippen LogP contribution in [0.25, 0.3) is 11.0 Å². The molecule has 1 saturated carbocycles. The summed E-state index contributed by atoms with van der Waals surface area (Å²) < 4.78 is 6.96. The summed E-state index contributed by atoms with van der Waals surface area (Å²) in [6, 6.07) is 0.123. The van der Waals surface area contributed by atoms with E-state index in [0.29, 0.717) is 30.8 Å². The molecule has 0 saturated heterocycles. The molecule has 0 radical (unpaired) electrons. The first-order chi connectivity index (χ1) is 11.6. The Balaban J connectivity index is 2.01. The predicted molar refractivity (Wildman–Crippen MR) is 91.0 cm³/mol. The van der Waals surface area contributed by atoms with Gasteiger partial charge in [-0.05, 0) is 39.5 Å². The summed E-state index contributed by atoms with van der Waals surface area (Å²) in [5, 5.41) is 18.5. The van der Waals surface area contributed by atoms with Crippen molar-refractivity contribution in [1.82, 2.24) is 14.8 Å². The third kappa shape index (κ3) is 3.21. The molecule has 0 aromatic carbocycles. The summed E-state index contributed by atoms with van der Waals surface area (Å²) in [5.74, 6) is -0.394. The fourth-order valence-electron chi connectivity index (χ4n) is 3.28. The molecule has 1 aliphatic rings. The van der Waals surface area contributed by atoms with E-state index in [-0.39, 0.29) is 12.1 Å². The van der Waals surface area contributed by atoms with Crippen molar-refractivity contribution in [3.8, 4) is 0 Å². The van der Waals surface area contributed by atoms with Gasteiger partial charge >= 0.3 is 5.97 Å². The average Bonchev–Trinajstić information content (AvgIpc) is 2.99. The highest BCUT2D eigenvalue weighted by molar-refractivity contribution is 6.04. The highest BCUT2D eigenvalue weighted by Gasteiger charge is 2.24. The zero-order chi connectivity index (χ0) is 17.1. The average molecular weight is 332 g/mol. The molecule has 0 bridgehead atoms. The van der Waals surface area contributed by atoms with Crippen LogP contribution in [-0.2, 0) is 11.3 Å². The largest absolute Gasteiger partial charge is 0.462 e. The number of nitrogens with one attached hydrogen (secondary N) is 1. The molecule has 1 fully saturated rings. The topological polar surface area (TPSA) is 89.3 Å². The third-order valence-corrected chi connectivity index (χ3v) is 4.46. The van der Waals surface area contributed by atoms with Gasteiger partial charge in [0, 0.05) is 18.8 Å². The van der Waals surface area contributed by atoms with E-state index in [1.807, 2.05) is 6.92 Å². The molecule has 3 rings (SSSR count). The Bertz CT molecular complexity index is 728. The predicted octanol–water partition coefficient (Wildman–Crippen LogP) is 2.34. The molecule has 0 spiro atoms. The summed E-state index contributed by atoms with van der Waals surface area (Å²) in [4.78, 5) is 16.7. The molecule has 0 aliphatic heterocycles. The van der Waals surface area contributed by atoms with E-state index in [1.165, 1.54) is 0 Å². The molecule has 0 amide bonds. The Labute approximate surface area is 141 Å². The van der Waals surface area contributed by atoms with Crippen molar-refractivity contribution in [2.75, 3.05) is 11.9 Å². The minimum Gasteiger partial charge on any atom is -0.462 e. The molecule has 2 aromatic rings. The number of pyridine rings is 1. The standard InChI is InChI=1S/C17H24N4O3/c1-3-21-16-13(10-19-21)15(14(9-18-16)17(23)24-4-2)20-11-6-5-7-12(22)8-11/h9-12,22H,3-8H2,1-2H3,(H,18,20)/t11-,12-/m0/s1. The Morgan fingerprint density at radius 1 is 1.42 bits per heavy atom.